The molecule has 0 bridgehead atoms. The molecule has 1 heterocycles. The molecule has 4 N–H and O–H groups in total. The van der Waals surface area contributed by atoms with Gasteiger partial charge in [-0.25, -0.2) is 5.43 Å². The molecule has 0 saturated heterocycles. The zero-order valence-corrected chi connectivity index (χ0v) is 12.9. The molecule has 0 aliphatic rings. The number of rotatable bonds is 4. The fourth-order valence-electron chi connectivity index (χ4n) is 1.75. The van der Waals surface area contributed by atoms with Crippen molar-refractivity contribution in [3.8, 4) is 17.2 Å². The summed E-state index contributed by atoms with van der Waals surface area (Å²) in [7, 11) is 0. The van der Waals surface area contributed by atoms with Crippen LogP contribution in [0.5, 0.6) is 17.2 Å². The van der Waals surface area contributed by atoms with Crippen molar-refractivity contribution in [1.29, 1.82) is 0 Å². The Labute approximate surface area is 131 Å². The zero-order valence-electron chi connectivity index (χ0n) is 12.1. The van der Waals surface area contributed by atoms with E-state index < -0.39 is 23.2 Å². The van der Waals surface area contributed by atoms with E-state index in [0.717, 1.165) is 23.4 Å². The highest BCUT2D eigenvalue weighted by molar-refractivity contribution is 7.14. The summed E-state index contributed by atoms with van der Waals surface area (Å²) in [5.41, 5.74) is 3.00. The number of phenols is 3. The normalized spacial score (nSPS) is 11.5. The number of hydrogen-bond acceptors (Lipinski definition) is 6. The molecule has 2 aromatic rings. The lowest BCUT2D eigenvalue weighted by Crippen LogP contribution is -2.19. The highest BCUT2D eigenvalue weighted by atomic mass is 32.1. The Morgan fingerprint density at radius 2 is 1.86 bits per heavy atom. The first-order chi connectivity index (χ1) is 10.4. The van der Waals surface area contributed by atoms with Crippen molar-refractivity contribution in [2.75, 3.05) is 0 Å². The molecule has 0 atom stereocenters. The molecule has 0 saturated carbocycles. The highest BCUT2D eigenvalue weighted by Crippen LogP contribution is 2.35. The number of aromatic hydroxyl groups is 3. The number of carbonyl (C=O) groups is 1. The summed E-state index contributed by atoms with van der Waals surface area (Å²) < 4.78 is 0. The number of hydrogen-bond donors (Lipinski definition) is 4. The second kappa shape index (κ2) is 6.48. The molecular weight excluding hydrogens is 304 g/mol. The first kappa shape index (κ1) is 15.8. The fraction of sp³-hybridized carbons (Fsp3) is 0.200. The lowest BCUT2D eigenvalue weighted by atomic mass is 10.2. The van der Waals surface area contributed by atoms with Crippen LogP contribution in [0, 0.1) is 0 Å². The lowest BCUT2D eigenvalue weighted by Gasteiger charge is -2.05. The number of phenolic OH excluding ortho intramolecular Hbond substituents is 3. The van der Waals surface area contributed by atoms with Gasteiger partial charge in [-0.05, 0) is 37.6 Å². The largest absolute Gasteiger partial charge is 0.504 e. The SMILES string of the molecule is CCc1ccc(/C(C)=N/NC(=O)c2cc(O)c(O)c(O)c2)s1. The summed E-state index contributed by atoms with van der Waals surface area (Å²) in [5, 5.41) is 32.0. The van der Waals surface area contributed by atoms with Crippen LogP contribution >= 0.6 is 11.3 Å². The first-order valence-corrected chi connectivity index (χ1v) is 7.42. The lowest BCUT2D eigenvalue weighted by molar-refractivity contribution is 0.0954. The van der Waals surface area contributed by atoms with E-state index in [4.69, 9.17) is 0 Å². The van der Waals surface area contributed by atoms with E-state index in [2.05, 4.69) is 17.5 Å². The van der Waals surface area contributed by atoms with E-state index in [1.165, 1.54) is 4.88 Å². The Bertz CT molecular complexity index is 714. The van der Waals surface area contributed by atoms with Crippen molar-refractivity contribution < 1.29 is 20.1 Å². The molecule has 0 radical (unpaired) electrons. The molecule has 1 aromatic carbocycles. The number of aryl methyl sites for hydroxylation is 1. The van der Waals surface area contributed by atoms with Gasteiger partial charge in [0.25, 0.3) is 5.91 Å². The summed E-state index contributed by atoms with van der Waals surface area (Å²) in [6, 6.07) is 6.05. The molecule has 0 unspecified atom stereocenters. The molecule has 7 heteroatoms. The van der Waals surface area contributed by atoms with Gasteiger partial charge in [0, 0.05) is 10.4 Å². The minimum atomic E-state index is -0.665. The third kappa shape index (κ3) is 3.37. The van der Waals surface area contributed by atoms with Crippen LogP contribution in [0.4, 0.5) is 0 Å². The molecule has 0 aliphatic carbocycles. The van der Waals surface area contributed by atoms with Crippen LogP contribution in [-0.2, 0) is 6.42 Å². The van der Waals surface area contributed by atoms with E-state index in [0.29, 0.717) is 5.71 Å². The summed E-state index contributed by atoms with van der Waals surface area (Å²) in [6.45, 7) is 3.84. The van der Waals surface area contributed by atoms with Crippen LogP contribution in [0.3, 0.4) is 0 Å². The van der Waals surface area contributed by atoms with Gasteiger partial charge in [0.15, 0.2) is 17.2 Å². The van der Waals surface area contributed by atoms with Crippen LogP contribution in [-0.4, -0.2) is 26.9 Å². The Morgan fingerprint density at radius 3 is 2.41 bits per heavy atom. The number of thiophene rings is 1. The van der Waals surface area contributed by atoms with E-state index in [-0.39, 0.29) is 5.56 Å². The molecule has 1 amide bonds. The molecule has 22 heavy (non-hydrogen) atoms. The first-order valence-electron chi connectivity index (χ1n) is 6.61. The second-order valence-corrected chi connectivity index (χ2v) is 5.79. The monoisotopic (exact) mass is 320 g/mol. The minimum absolute atomic E-state index is 0.00947. The van der Waals surface area contributed by atoms with Gasteiger partial charge in [-0.1, -0.05) is 6.92 Å². The molecule has 116 valence electrons. The van der Waals surface area contributed by atoms with Gasteiger partial charge >= 0.3 is 0 Å². The predicted molar refractivity (Wildman–Crippen MR) is 84.8 cm³/mol. The number of amides is 1. The third-order valence-corrected chi connectivity index (χ3v) is 4.36. The van der Waals surface area contributed by atoms with Gasteiger partial charge in [-0.2, -0.15) is 5.10 Å². The quantitative estimate of drug-likeness (QED) is 0.395. The van der Waals surface area contributed by atoms with Gasteiger partial charge in [-0.3, -0.25) is 4.79 Å². The third-order valence-electron chi connectivity index (χ3n) is 3.02. The topological polar surface area (TPSA) is 102 Å². The maximum absolute atomic E-state index is 11.9. The van der Waals surface area contributed by atoms with Crippen molar-refractivity contribution in [1.82, 2.24) is 5.43 Å². The summed E-state index contributed by atoms with van der Waals surface area (Å²) >= 11 is 1.60. The van der Waals surface area contributed by atoms with Crippen molar-refractivity contribution in [3.63, 3.8) is 0 Å². The van der Waals surface area contributed by atoms with E-state index in [1.807, 2.05) is 12.1 Å². The van der Waals surface area contributed by atoms with Crippen LogP contribution in [0.15, 0.2) is 29.4 Å². The van der Waals surface area contributed by atoms with E-state index in [9.17, 15) is 20.1 Å². The number of benzene rings is 1. The van der Waals surface area contributed by atoms with Crippen molar-refractivity contribution in [2.24, 2.45) is 5.10 Å². The van der Waals surface area contributed by atoms with Crippen LogP contribution < -0.4 is 5.43 Å². The second-order valence-electron chi connectivity index (χ2n) is 4.62. The Kier molecular flexibility index (Phi) is 4.67. The van der Waals surface area contributed by atoms with Gasteiger partial charge < -0.3 is 15.3 Å². The Morgan fingerprint density at radius 1 is 1.23 bits per heavy atom. The van der Waals surface area contributed by atoms with Crippen molar-refractivity contribution in [2.45, 2.75) is 20.3 Å². The van der Waals surface area contributed by atoms with Crippen LogP contribution in [0.25, 0.3) is 0 Å². The Balaban J connectivity index is 2.13. The maximum atomic E-state index is 11.9. The van der Waals surface area contributed by atoms with E-state index in [1.54, 1.807) is 18.3 Å². The van der Waals surface area contributed by atoms with Gasteiger partial charge in [0.2, 0.25) is 0 Å². The average Bonchev–Trinajstić information content (AvgIpc) is 2.98. The average molecular weight is 320 g/mol. The van der Waals surface area contributed by atoms with E-state index >= 15 is 0 Å². The molecule has 6 nitrogen and oxygen atoms in total. The predicted octanol–water partition coefficient (Wildman–Crippen LogP) is 2.58. The summed E-state index contributed by atoms with van der Waals surface area (Å²) in [6.07, 6.45) is 0.941. The van der Waals surface area contributed by atoms with Crippen LogP contribution in [0.1, 0.15) is 34.0 Å². The smallest absolute Gasteiger partial charge is 0.271 e. The molecule has 0 aliphatic heterocycles. The van der Waals surface area contributed by atoms with Gasteiger partial charge in [-0.15, -0.1) is 11.3 Å². The molecule has 0 fully saturated rings. The van der Waals surface area contributed by atoms with Gasteiger partial charge in [0.05, 0.1) is 10.6 Å². The summed E-state index contributed by atoms with van der Waals surface area (Å²) in [5.74, 6) is -2.41. The van der Waals surface area contributed by atoms with Crippen LogP contribution in [0.2, 0.25) is 0 Å². The molecule has 1 aromatic heterocycles. The van der Waals surface area contributed by atoms with Gasteiger partial charge in [0.1, 0.15) is 0 Å². The number of carbonyl (C=O) groups excluding carboxylic acids is 1. The maximum Gasteiger partial charge on any atom is 0.271 e. The zero-order chi connectivity index (χ0) is 16.3. The summed E-state index contributed by atoms with van der Waals surface area (Å²) in [4.78, 5) is 14.1. The molecule has 2 rings (SSSR count). The highest BCUT2D eigenvalue weighted by Gasteiger charge is 2.13. The number of hydrazone groups is 1. The fourth-order valence-corrected chi connectivity index (χ4v) is 2.64. The Hall–Kier alpha value is -2.54. The minimum Gasteiger partial charge on any atom is -0.504 e. The number of nitrogens with one attached hydrogen (secondary N) is 1. The standard InChI is InChI=1S/C15H16N2O4S/c1-3-10-4-5-13(22-10)8(2)16-17-15(21)9-6-11(18)14(20)12(19)7-9/h4-7,18-20H,3H2,1-2H3,(H,17,21)/b16-8+. The molecular formula is C15H16N2O4S. The van der Waals surface area contributed by atoms with Crippen molar-refractivity contribution >= 4 is 23.0 Å². The number of nitrogens with zero attached hydrogens (tertiary/aromatic N) is 1. The molecule has 0 spiro atoms. The van der Waals surface area contributed by atoms with Crippen molar-refractivity contribution in [3.05, 3.63) is 39.6 Å².